The predicted molar refractivity (Wildman–Crippen MR) is 90.8 cm³/mol. The molecule has 1 aromatic rings. The highest BCUT2D eigenvalue weighted by molar-refractivity contribution is 8.24. The highest BCUT2D eigenvalue weighted by Gasteiger charge is 2.26. The molecule has 0 aliphatic carbocycles. The van der Waals surface area contributed by atoms with Crippen molar-refractivity contribution in [2.45, 2.75) is 32.6 Å². The van der Waals surface area contributed by atoms with Crippen LogP contribution in [0.4, 0.5) is 14.9 Å². The molecule has 2 rings (SSSR count). The smallest absolute Gasteiger partial charge is 0.411 e. The van der Waals surface area contributed by atoms with Crippen molar-refractivity contribution in [3.05, 3.63) is 29.6 Å². The average Bonchev–Trinajstić information content (AvgIpc) is 2.46. The Bertz CT molecular complexity index is 555. The molecule has 0 radical (unpaired) electrons. The van der Waals surface area contributed by atoms with Gasteiger partial charge in [0.05, 0.1) is 6.61 Å². The van der Waals surface area contributed by atoms with E-state index in [1.165, 1.54) is 6.07 Å². The molecule has 23 heavy (non-hydrogen) atoms. The molecule has 1 aliphatic heterocycles. The van der Waals surface area contributed by atoms with Gasteiger partial charge in [0.1, 0.15) is 5.82 Å². The van der Waals surface area contributed by atoms with E-state index < -0.39 is 22.5 Å². The van der Waals surface area contributed by atoms with Crippen LogP contribution in [0.3, 0.4) is 0 Å². The maximum Gasteiger partial charge on any atom is 0.411 e. The number of benzene rings is 1. The van der Waals surface area contributed by atoms with Gasteiger partial charge in [-0.1, -0.05) is 19.9 Å². The van der Waals surface area contributed by atoms with Crippen LogP contribution in [-0.2, 0) is 4.74 Å². The van der Waals surface area contributed by atoms with Crippen LogP contribution in [0, 0.1) is 11.7 Å². The molecule has 0 bridgehead atoms. The number of amides is 1. The fourth-order valence-electron chi connectivity index (χ4n) is 2.55. The third-order valence-electron chi connectivity index (χ3n) is 3.82. The summed E-state index contributed by atoms with van der Waals surface area (Å²) in [5.41, 5.74) is 0.904. The van der Waals surface area contributed by atoms with Crippen molar-refractivity contribution in [1.82, 2.24) is 0 Å². The van der Waals surface area contributed by atoms with Crippen LogP contribution in [0.2, 0.25) is 0 Å². The molecule has 1 heterocycles. The lowest BCUT2D eigenvalue weighted by molar-refractivity contribution is 0.147. The lowest BCUT2D eigenvalue weighted by Gasteiger charge is -2.39. The Balaban J connectivity index is 1.97. The molecule has 0 spiro atoms. The van der Waals surface area contributed by atoms with E-state index >= 15 is 0 Å². The highest BCUT2D eigenvalue weighted by atomic mass is 32.3. The van der Waals surface area contributed by atoms with Crippen LogP contribution in [0.5, 0.6) is 0 Å². The van der Waals surface area contributed by atoms with E-state index in [1.54, 1.807) is 12.1 Å². The number of carbonyl (C=O) groups is 1. The van der Waals surface area contributed by atoms with Crippen molar-refractivity contribution in [1.29, 1.82) is 0 Å². The summed E-state index contributed by atoms with van der Waals surface area (Å²) in [4.78, 5) is 11.6. The molecule has 0 atom stereocenters. The van der Waals surface area contributed by atoms with Gasteiger partial charge in [0.25, 0.3) is 0 Å². The number of carbonyl (C=O) groups excluding carboxylic acids is 1. The number of anilines is 1. The van der Waals surface area contributed by atoms with Crippen molar-refractivity contribution >= 4 is 22.4 Å². The summed E-state index contributed by atoms with van der Waals surface area (Å²) in [5, 5.41) is 2.50. The molecule has 1 aromatic carbocycles. The Morgan fingerprint density at radius 1 is 1.39 bits per heavy atom. The van der Waals surface area contributed by atoms with Crippen LogP contribution in [0.1, 0.15) is 38.2 Å². The Kier molecular flexibility index (Phi) is 5.89. The van der Waals surface area contributed by atoms with Crippen molar-refractivity contribution in [3.63, 3.8) is 0 Å². The second-order valence-corrected chi connectivity index (χ2v) is 8.76. The lowest BCUT2D eigenvalue weighted by Crippen LogP contribution is -2.20. The van der Waals surface area contributed by atoms with Gasteiger partial charge in [-0.2, -0.15) is 10.6 Å². The second-order valence-electron chi connectivity index (χ2n) is 6.34. The van der Waals surface area contributed by atoms with Crippen LogP contribution < -0.4 is 5.32 Å². The monoisotopic (exact) mass is 345 g/mol. The largest absolute Gasteiger partial charge is 0.449 e. The minimum Gasteiger partial charge on any atom is -0.449 e. The summed E-state index contributed by atoms with van der Waals surface area (Å²) in [7, 11) is -2.47. The molecule has 1 saturated heterocycles. The van der Waals surface area contributed by atoms with E-state index in [2.05, 4.69) is 5.32 Å². The van der Waals surface area contributed by atoms with E-state index in [-0.39, 0.29) is 11.8 Å². The van der Waals surface area contributed by atoms with E-state index in [0.717, 1.165) is 0 Å². The number of halogens is 1. The maximum atomic E-state index is 14.3. The first-order valence-corrected chi connectivity index (χ1v) is 9.62. The van der Waals surface area contributed by atoms with Gasteiger partial charge in [-0.15, -0.1) is 0 Å². The lowest BCUT2D eigenvalue weighted by atomic mass is 9.93. The van der Waals surface area contributed by atoms with Crippen LogP contribution >= 0.6 is 10.6 Å². The number of ether oxygens (including phenoxy) is 1. The minimum absolute atomic E-state index is 0.0168. The molecule has 1 amide bonds. The van der Waals surface area contributed by atoms with Gasteiger partial charge in [0.2, 0.25) is 0 Å². The van der Waals surface area contributed by atoms with Gasteiger partial charge in [-0.25, -0.2) is 9.18 Å². The summed E-state index contributed by atoms with van der Waals surface area (Å²) in [6, 6.07) is 4.56. The van der Waals surface area contributed by atoms with Gasteiger partial charge in [-0.3, -0.25) is 14.4 Å². The first kappa shape index (κ1) is 18.0. The summed E-state index contributed by atoms with van der Waals surface area (Å²) in [5.74, 6) is 0.461. The molecule has 5 nitrogen and oxygen atoms in total. The van der Waals surface area contributed by atoms with E-state index in [1.807, 2.05) is 13.8 Å². The zero-order valence-electron chi connectivity index (χ0n) is 13.4. The summed E-state index contributed by atoms with van der Waals surface area (Å²) >= 11 is 0. The fraction of sp³-hybridized carbons (Fsp3) is 0.562. The maximum absolute atomic E-state index is 14.3. The standard InChI is InChI=1S/C16H24FNO4S/c1-11(2)10-22-16(19)18-13-3-4-14(15(17)9-13)12-5-7-23(20,21)8-6-12/h3-4,9,11-12,20-21H,5-8,10H2,1-2H3,(H,18,19). The number of hydrogen-bond acceptors (Lipinski definition) is 4. The number of hydrogen-bond donors (Lipinski definition) is 3. The first-order chi connectivity index (χ1) is 10.8. The van der Waals surface area contributed by atoms with Crippen molar-refractivity contribution in [3.8, 4) is 0 Å². The Hall–Kier alpha value is -1.31. The van der Waals surface area contributed by atoms with Crippen molar-refractivity contribution < 1.29 is 23.0 Å². The fourth-order valence-corrected chi connectivity index (χ4v) is 4.08. The normalized spacial score (nSPS) is 19.4. The van der Waals surface area contributed by atoms with E-state index in [9.17, 15) is 18.3 Å². The molecular formula is C16H24FNO4S. The zero-order chi connectivity index (χ0) is 17.0. The summed E-state index contributed by atoms with van der Waals surface area (Å²) in [6.07, 6.45) is 0.516. The summed E-state index contributed by atoms with van der Waals surface area (Å²) < 4.78 is 38.5. The molecule has 0 saturated carbocycles. The van der Waals surface area contributed by atoms with Gasteiger partial charge >= 0.3 is 6.09 Å². The highest BCUT2D eigenvalue weighted by Crippen LogP contribution is 2.48. The molecular weight excluding hydrogens is 321 g/mol. The van der Waals surface area contributed by atoms with Gasteiger partial charge in [0.15, 0.2) is 0 Å². The number of rotatable bonds is 4. The van der Waals surface area contributed by atoms with E-state index in [0.29, 0.717) is 42.2 Å². The van der Waals surface area contributed by atoms with E-state index in [4.69, 9.17) is 4.74 Å². The van der Waals surface area contributed by atoms with Crippen LogP contribution in [0.15, 0.2) is 18.2 Å². The van der Waals surface area contributed by atoms with Crippen molar-refractivity contribution in [2.75, 3.05) is 23.4 Å². The Morgan fingerprint density at radius 2 is 2.04 bits per heavy atom. The zero-order valence-corrected chi connectivity index (χ0v) is 14.2. The molecule has 7 heteroatoms. The second kappa shape index (κ2) is 7.51. The number of nitrogens with one attached hydrogen (secondary N) is 1. The molecule has 3 N–H and O–H groups in total. The van der Waals surface area contributed by atoms with Gasteiger partial charge in [-0.05, 0) is 42.4 Å². The van der Waals surface area contributed by atoms with Crippen LogP contribution in [0.25, 0.3) is 0 Å². The van der Waals surface area contributed by atoms with Crippen molar-refractivity contribution in [2.24, 2.45) is 5.92 Å². The van der Waals surface area contributed by atoms with Gasteiger partial charge < -0.3 is 4.74 Å². The third-order valence-corrected chi connectivity index (χ3v) is 5.60. The quantitative estimate of drug-likeness (QED) is 0.741. The minimum atomic E-state index is -2.47. The average molecular weight is 345 g/mol. The van der Waals surface area contributed by atoms with Gasteiger partial charge in [0, 0.05) is 17.2 Å². The third kappa shape index (κ3) is 5.37. The topological polar surface area (TPSA) is 78.8 Å². The molecule has 130 valence electrons. The summed E-state index contributed by atoms with van der Waals surface area (Å²) in [6.45, 7) is 4.17. The SMILES string of the molecule is CC(C)COC(=O)Nc1ccc(C2CCS(O)(O)CC2)c(F)c1. The Labute approximate surface area is 137 Å². The Morgan fingerprint density at radius 3 is 2.61 bits per heavy atom. The van der Waals surface area contributed by atoms with Crippen LogP contribution in [-0.4, -0.2) is 33.3 Å². The molecule has 0 aromatic heterocycles. The molecule has 0 unspecified atom stereocenters. The predicted octanol–water partition coefficient (Wildman–Crippen LogP) is 4.66. The molecule has 1 aliphatic rings. The first-order valence-electron chi connectivity index (χ1n) is 7.73. The molecule has 1 fully saturated rings.